The lowest BCUT2D eigenvalue weighted by molar-refractivity contribution is 0.789. The Morgan fingerprint density at radius 2 is 0.923 bits per heavy atom. The Balaban J connectivity index is 1.35. The third-order valence-electron chi connectivity index (χ3n) is 9.00. The van der Waals surface area contributed by atoms with Gasteiger partial charge in [0.05, 0.1) is 5.69 Å². The maximum Gasteiger partial charge on any atom is 0.148 e. The minimum Gasteiger partial charge on any atom is -0.317 e. The first-order valence-corrected chi connectivity index (χ1v) is 14.3. The number of fused-ring (bicyclic) bond motifs is 3. The molecular formula is C37H21NS. The normalized spacial score (nSPS) is 15.2. The van der Waals surface area contributed by atoms with Crippen LogP contribution in [0.15, 0.2) is 132 Å². The van der Waals surface area contributed by atoms with E-state index in [1.54, 1.807) is 0 Å². The lowest BCUT2D eigenvalue weighted by atomic mass is 9.93. The van der Waals surface area contributed by atoms with Crippen LogP contribution in [-0.4, -0.2) is 0 Å². The van der Waals surface area contributed by atoms with Gasteiger partial charge in [0.1, 0.15) is 4.87 Å². The van der Waals surface area contributed by atoms with Gasteiger partial charge in [0.2, 0.25) is 0 Å². The van der Waals surface area contributed by atoms with Gasteiger partial charge in [-0.15, -0.1) is 0 Å². The van der Waals surface area contributed by atoms with Gasteiger partial charge in [0.15, 0.2) is 0 Å². The van der Waals surface area contributed by atoms with Crippen molar-refractivity contribution in [3.8, 4) is 0 Å². The maximum absolute atomic E-state index is 2.63. The Kier molecular flexibility index (Phi) is 3.62. The van der Waals surface area contributed by atoms with Crippen LogP contribution < -0.4 is 4.90 Å². The molecule has 0 radical (unpaired) electrons. The average molecular weight is 512 g/mol. The maximum atomic E-state index is 2.63. The van der Waals surface area contributed by atoms with Crippen molar-refractivity contribution < 1.29 is 0 Å². The van der Waals surface area contributed by atoms with Crippen molar-refractivity contribution in [2.75, 3.05) is 4.90 Å². The van der Waals surface area contributed by atoms with Crippen LogP contribution in [0.25, 0.3) is 53.9 Å². The molecule has 0 aromatic heterocycles. The highest BCUT2D eigenvalue weighted by Crippen LogP contribution is 2.66. The summed E-state index contributed by atoms with van der Waals surface area (Å²) in [6.45, 7) is 0. The summed E-state index contributed by atoms with van der Waals surface area (Å²) < 4.78 is 0. The van der Waals surface area contributed by atoms with E-state index >= 15 is 0 Å². The molecule has 8 aromatic carbocycles. The van der Waals surface area contributed by atoms with Crippen LogP contribution in [0.3, 0.4) is 0 Å². The van der Waals surface area contributed by atoms with Crippen LogP contribution in [0.1, 0.15) is 11.1 Å². The monoisotopic (exact) mass is 511 g/mol. The Labute approximate surface area is 229 Å². The van der Waals surface area contributed by atoms with E-state index < -0.39 is 0 Å². The number of para-hydroxylation sites is 1. The minimum absolute atomic E-state index is 0.368. The summed E-state index contributed by atoms with van der Waals surface area (Å²) in [7, 11) is 0. The third-order valence-corrected chi connectivity index (χ3v) is 10.5. The number of thioether (sulfide) groups is 1. The van der Waals surface area contributed by atoms with Gasteiger partial charge >= 0.3 is 0 Å². The summed E-state index contributed by atoms with van der Waals surface area (Å²) in [4.78, 5) is 3.59. The standard InChI is InChI=1S/C37H21NS/c1-2-13-32-31(12-1)38(28-20-26-18-16-22-6-3-7-23-17-19-27(21-28)34(26)33(22)23)37(39-32)29-10-4-8-24-14-15-25-9-5-11-30(37)36(25)35(24)29/h1-21H. The molecule has 1 heterocycles. The molecule has 8 aromatic rings. The minimum atomic E-state index is -0.368. The molecule has 0 amide bonds. The second-order valence-corrected chi connectivity index (χ2v) is 12.1. The second-order valence-electron chi connectivity index (χ2n) is 10.9. The van der Waals surface area contributed by atoms with E-state index in [9.17, 15) is 0 Å². The molecule has 1 aliphatic carbocycles. The smallest absolute Gasteiger partial charge is 0.148 e. The van der Waals surface area contributed by atoms with Crippen molar-refractivity contribution in [1.82, 2.24) is 0 Å². The molecule has 2 heteroatoms. The Hall–Kier alpha value is -4.53. The van der Waals surface area contributed by atoms with E-state index in [1.165, 1.54) is 81.3 Å². The second kappa shape index (κ2) is 6.91. The highest BCUT2D eigenvalue weighted by molar-refractivity contribution is 8.01. The molecule has 10 rings (SSSR count). The largest absolute Gasteiger partial charge is 0.317 e. The highest BCUT2D eigenvalue weighted by Gasteiger charge is 2.53. The molecule has 39 heavy (non-hydrogen) atoms. The van der Waals surface area contributed by atoms with E-state index in [2.05, 4.69) is 132 Å². The molecule has 0 unspecified atom stereocenters. The van der Waals surface area contributed by atoms with Crippen LogP contribution in [0.2, 0.25) is 0 Å². The molecule has 0 saturated heterocycles. The van der Waals surface area contributed by atoms with E-state index in [-0.39, 0.29) is 4.87 Å². The predicted molar refractivity (Wildman–Crippen MR) is 167 cm³/mol. The van der Waals surface area contributed by atoms with Crippen molar-refractivity contribution in [2.45, 2.75) is 9.77 Å². The van der Waals surface area contributed by atoms with E-state index in [0.29, 0.717) is 0 Å². The third kappa shape index (κ3) is 2.36. The van der Waals surface area contributed by atoms with Gasteiger partial charge in [-0.1, -0.05) is 115 Å². The first kappa shape index (κ1) is 20.4. The van der Waals surface area contributed by atoms with Gasteiger partial charge in [0.25, 0.3) is 0 Å². The lowest BCUT2D eigenvalue weighted by Gasteiger charge is -2.38. The van der Waals surface area contributed by atoms with Crippen molar-refractivity contribution in [3.05, 3.63) is 139 Å². The van der Waals surface area contributed by atoms with E-state index in [1.807, 2.05) is 11.8 Å². The van der Waals surface area contributed by atoms with Crippen molar-refractivity contribution >= 4 is 77.0 Å². The predicted octanol–water partition coefficient (Wildman–Crippen LogP) is 10.3. The summed E-state index contributed by atoms with van der Waals surface area (Å²) >= 11 is 1.99. The van der Waals surface area contributed by atoms with Crippen molar-refractivity contribution in [1.29, 1.82) is 0 Å². The fraction of sp³-hybridized carbons (Fsp3) is 0.0270. The zero-order valence-electron chi connectivity index (χ0n) is 21.0. The Morgan fingerprint density at radius 3 is 1.54 bits per heavy atom. The molecule has 0 fully saturated rings. The Morgan fingerprint density at radius 1 is 0.436 bits per heavy atom. The average Bonchev–Trinajstić information content (AvgIpc) is 3.48. The quantitative estimate of drug-likeness (QED) is 0.202. The molecule has 0 saturated carbocycles. The fourth-order valence-electron chi connectivity index (χ4n) is 7.51. The van der Waals surface area contributed by atoms with Gasteiger partial charge < -0.3 is 4.90 Å². The fourth-order valence-corrected chi connectivity index (χ4v) is 9.09. The van der Waals surface area contributed by atoms with Crippen LogP contribution in [0, 0.1) is 0 Å². The zero-order valence-corrected chi connectivity index (χ0v) is 21.8. The Bertz CT molecular complexity index is 2210. The van der Waals surface area contributed by atoms with Gasteiger partial charge in [-0.25, -0.2) is 0 Å². The molecular weight excluding hydrogens is 490 g/mol. The number of hydrogen-bond donors (Lipinski definition) is 0. The summed E-state index contributed by atoms with van der Waals surface area (Å²) in [5.74, 6) is 0. The molecule has 0 N–H and O–H groups in total. The van der Waals surface area contributed by atoms with Crippen LogP contribution in [0.4, 0.5) is 11.4 Å². The molecule has 2 aliphatic rings. The summed E-state index contributed by atoms with van der Waals surface area (Å²) in [6.07, 6.45) is 0. The SMILES string of the molecule is c1ccc2c(c1)SC1(c3cccc4ccc5cccc1c5c34)N2c1cc2ccc3cccc4ccc(c1)c2c34. The lowest BCUT2D eigenvalue weighted by Crippen LogP contribution is -2.37. The molecule has 0 bridgehead atoms. The van der Waals surface area contributed by atoms with E-state index in [0.717, 1.165) is 0 Å². The molecule has 180 valence electrons. The van der Waals surface area contributed by atoms with E-state index in [4.69, 9.17) is 0 Å². The summed E-state index contributed by atoms with van der Waals surface area (Å²) in [5, 5.41) is 13.4. The highest BCUT2D eigenvalue weighted by atomic mass is 32.2. The molecule has 1 spiro atoms. The van der Waals surface area contributed by atoms with Crippen LogP contribution >= 0.6 is 11.8 Å². The number of benzene rings is 8. The molecule has 1 aliphatic heterocycles. The van der Waals surface area contributed by atoms with Gasteiger partial charge in [0, 0.05) is 21.7 Å². The van der Waals surface area contributed by atoms with Crippen molar-refractivity contribution in [2.24, 2.45) is 0 Å². The first-order valence-electron chi connectivity index (χ1n) is 13.5. The zero-order chi connectivity index (χ0) is 25.3. The first-order chi connectivity index (χ1) is 19.3. The van der Waals surface area contributed by atoms with Crippen LogP contribution in [-0.2, 0) is 4.87 Å². The molecule has 1 nitrogen and oxygen atoms in total. The topological polar surface area (TPSA) is 3.24 Å². The number of hydrogen-bond acceptors (Lipinski definition) is 2. The van der Waals surface area contributed by atoms with Gasteiger partial charge in [-0.3, -0.25) is 0 Å². The number of rotatable bonds is 1. The summed E-state index contributed by atoms with van der Waals surface area (Å²) in [6, 6.07) is 47.9. The van der Waals surface area contributed by atoms with Gasteiger partial charge in [-0.2, -0.15) is 0 Å². The number of anilines is 2. The van der Waals surface area contributed by atoms with Crippen LogP contribution in [0.5, 0.6) is 0 Å². The van der Waals surface area contributed by atoms with Gasteiger partial charge in [-0.05, 0) is 78.1 Å². The van der Waals surface area contributed by atoms with Crippen molar-refractivity contribution in [3.63, 3.8) is 0 Å². The number of nitrogens with zero attached hydrogens (tertiary/aromatic N) is 1. The summed E-state index contributed by atoms with van der Waals surface area (Å²) in [5.41, 5.74) is 5.29. The molecule has 0 atom stereocenters.